The second kappa shape index (κ2) is 9.61. The molecule has 30 heavy (non-hydrogen) atoms. The molecular weight excluding hydrogens is 387 g/mol. The fraction of sp³-hybridized carbons (Fsp3) is 0.391. The first-order valence-electron chi connectivity index (χ1n) is 10.0. The second-order valence-electron chi connectivity index (χ2n) is 7.30. The Morgan fingerprint density at radius 2 is 1.90 bits per heavy atom. The normalized spacial score (nSPS) is 18.2. The molecule has 2 aromatic carbocycles. The van der Waals surface area contributed by atoms with Crippen molar-refractivity contribution < 1.29 is 23.5 Å². The summed E-state index contributed by atoms with van der Waals surface area (Å²) in [4.78, 5) is 27.5. The Balaban J connectivity index is 1.96. The number of hydrogen-bond acceptors (Lipinski definition) is 4. The van der Waals surface area contributed by atoms with E-state index in [4.69, 9.17) is 9.47 Å². The van der Waals surface area contributed by atoms with Crippen molar-refractivity contribution in [3.8, 4) is 11.5 Å². The summed E-state index contributed by atoms with van der Waals surface area (Å²) in [5.41, 5.74) is 0.792. The smallest absolute Gasteiger partial charge is 0.256 e. The van der Waals surface area contributed by atoms with Crippen molar-refractivity contribution >= 4 is 11.8 Å². The second-order valence-corrected chi connectivity index (χ2v) is 7.30. The molecule has 160 valence electrons. The Morgan fingerprint density at radius 3 is 2.57 bits per heavy atom. The number of nitrogens with one attached hydrogen (secondary N) is 1. The predicted octanol–water partition coefficient (Wildman–Crippen LogP) is 3.22. The van der Waals surface area contributed by atoms with E-state index in [0.29, 0.717) is 18.0 Å². The fourth-order valence-electron chi connectivity index (χ4n) is 3.86. The minimum absolute atomic E-state index is 0.00322. The van der Waals surface area contributed by atoms with Crippen molar-refractivity contribution in [2.45, 2.75) is 19.3 Å². The Morgan fingerprint density at radius 1 is 1.13 bits per heavy atom. The molecule has 0 unspecified atom stereocenters. The highest BCUT2D eigenvalue weighted by Crippen LogP contribution is 2.40. The van der Waals surface area contributed by atoms with Crippen LogP contribution in [0.15, 0.2) is 42.5 Å². The molecule has 0 saturated carbocycles. The number of methoxy groups -OCH3 is 2. The molecule has 1 aliphatic heterocycles. The van der Waals surface area contributed by atoms with Crippen LogP contribution < -0.4 is 14.8 Å². The monoisotopic (exact) mass is 414 g/mol. The number of rotatable bonds is 7. The minimum atomic E-state index is -0.572. The lowest BCUT2D eigenvalue weighted by Crippen LogP contribution is -2.36. The molecule has 6 nitrogen and oxygen atoms in total. The molecule has 2 atom stereocenters. The van der Waals surface area contributed by atoms with Crippen molar-refractivity contribution in [1.82, 2.24) is 10.2 Å². The largest absolute Gasteiger partial charge is 0.497 e. The lowest BCUT2D eigenvalue weighted by atomic mass is 9.87. The molecule has 1 aliphatic rings. The maximum absolute atomic E-state index is 14.2. The molecule has 3 rings (SSSR count). The van der Waals surface area contributed by atoms with Gasteiger partial charge in [0.2, 0.25) is 5.91 Å². The first kappa shape index (κ1) is 21.6. The van der Waals surface area contributed by atoms with E-state index in [2.05, 4.69) is 5.32 Å². The molecule has 0 bridgehead atoms. The van der Waals surface area contributed by atoms with Crippen LogP contribution in [0.2, 0.25) is 0 Å². The summed E-state index contributed by atoms with van der Waals surface area (Å²) in [7, 11) is 3.13. The average Bonchev–Trinajstić information content (AvgIpc) is 3.22. The topological polar surface area (TPSA) is 67.9 Å². The van der Waals surface area contributed by atoms with Gasteiger partial charge in [0, 0.05) is 31.1 Å². The quantitative estimate of drug-likeness (QED) is 0.755. The number of benzene rings is 2. The zero-order valence-corrected chi connectivity index (χ0v) is 17.5. The van der Waals surface area contributed by atoms with Gasteiger partial charge in [-0.3, -0.25) is 9.59 Å². The maximum atomic E-state index is 14.2. The van der Waals surface area contributed by atoms with E-state index >= 15 is 0 Å². The van der Waals surface area contributed by atoms with E-state index in [1.54, 1.807) is 38.5 Å². The van der Waals surface area contributed by atoms with Gasteiger partial charge in [-0.25, -0.2) is 4.39 Å². The number of amides is 2. The zero-order chi connectivity index (χ0) is 21.7. The SMILES string of the molecule is CCCNC(=O)[C@@H]1CN(C(=O)c2ccccc2F)C[C@H]1c1cc(OC)ccc1OC. The summed E-state index contributed by atoms with van der Waals surface area (Å²) in [6.07, 6.45) is 0.809. The van der Waals surface area contributed by atoms with Crippen LogP contribution in [0.4, 0.5) is 4.39 Å². The van der Waals surface area contributed by atoms with E-state index in [1.165, 1.54) is 17.0 Å². The van der Waals surface area contributed by atoms with E-state index in [9.17, 15) is 14.0 Å². The zero-order valence-electron chi connectivity index (χ0n) is 17.5. The Kier molecular flexibility index (Phi) is 6.92. The number of likely N-dealkylation sites (tertiary alicyclic amines) is 1. The summed E-state index contributed by atoms with van der Waals surface area (Å²) in [6, 6.07) is 11.3. The molecule has 0 aromatic heterocycles. The van der Waals surface area contributed by atoms with Crippen molar-refractivity contribution in [1.29, 1.82) is 0 Å². The number of carbonyl (C=O) groups excluding carboxylic acids is 2. The van der Waals surface area contributed by atoms with E-state index < -0.39 is 17.6 Å². The third kappa shape index (κ3) is 4.40. The van der Waals surface area contributed by atoms with Gasteiger partial charge in [-0.15, -0.1) is 0 Å². The molecule has 1 N–H and O–H groups in total. The van der Waals surface area contributed by atoms with Crippen LogP contribution in [0.3, 0.4) is 0 Å². The lowest BCUT2D eigenvalue weighted by Gasteiger charge is -2.21. The van der Waals surface area contributed by atoms with Crippen LogP contribution in [0, 0.1) is 11.7 Å². The van der Waals surface area contributed by atoms with Gasteiger partial charge in [-0.2, -0.15) is 0 Å². The molecule has 1 heterocycles. The number of halogens is 1. The third-order valence-electron chi connectivity index (χ3n) is 5.43. The van der Waals surface area contributed by atoms with E-state index in [1.807, 2.05) is 13.0 Å². The number of carbonyl (C=O) groups is 2. The summed E-state index contributed by atoms with van der Waals surface area (Å²) >= 11 is 0. The van der Waals surface area contributed by atoms with Gasteiger partial charge in [-0.1, -0.05) is 19.1 Å². The predicted molar refractivity (Wildman–Crippen MR) is 111 cm³/mol. The molecule has 1 fully saturated rings. The fourth-order valence-corrected chi connectivity index (χ4v) is 3.86. The van der Waals surface area contributed by atoms with Crippen LogP contribution in [-0.2, 0) is 4.79 Å². The van der Waals surface area contributed by atoms with Crippen LogP contribution in [-0.4, -0.2) is 50.6 Å². The molecule has 7 heteroatoms. The summed E-state index contributed by atoms with van der Waals surface area (Å²) in [6.45, 7) is 3.01. The average molecular weight is 414 g/mol. The highest BCUT2D eigenvalue weighted by molar-refractivity contribution is 5.95. The molecule has 2 amide bonds. The highest BCUT2D eigenvalue weighted by Gasteiger charge is 2.42. The maximum Gasteiger partial charge on any atom is 0.256 e. The van der Waals surface area contributed by atoms with Crippen LogP contribution >= 0.6 is 0 Å². The number of ether oxygens (including phenoxy) is 2. The van der Waals surface area contributed by atoms with Gasteiger partial charge in [0.05, 0.1) is 25.7 Å². The first-order valence-corrected chi connectivity index (χ1v) is 10.0. The van der Waals surface area contributed by atoms with Gasteiger partial charge in [0.25, 0.3) is 5.91 Å². The third-order valence-corrected chi connectivity index (χ3v) is 5.43. The van der Waals surface area contributed by atoms with Crippen LogP contribution in [0.5, 0.6) is 11.5 Å². The highest BCUT2D eigenvalue weighted by atomic mass is 19.1. The van der Waals surface area contributed by atoms with Gasteiger partial charge in [0.15, 0.2) is 0 Å². The van der Waals surface area contributed by atoms with Crippen LogP contribution in [0.25, 0.3) is 0 Å². The van der Waals surface area contributed by atoms with Crippen molar-refractivity contribution in [2.75, 3.05) is 33.9 Å². The first-order chi connectivity index (χ1) is 14.5. The van der Waals surface area contributed by atoms with Crippen molar-refractivity contribution in [3.63, 3.8) is 0 Å². The van der Waals surface area contributed by atoms with Crippen molar-refractivity contribution in [3.05, 3.63) is 59.4 Å². The summed E-state index contributed by atoms with van der Waals surface area (Å²) < 4.78 is 25.1. The van der Waals surface area contributed by atoms with Crippen LogP contribution in [0.1, 0.15) is 35.2 Å². The summed E-state index contributed by atoms with van der Waals surface area (Å²) in [5.74, 6) is -0.652. The molecule has 0 radical (unpaired) electrons. The van der Waals surface area contributed by atoms with Gasteiger partial charge in [-0.05, 0) is 36.8 Å². The van der Waals surface area contributed by atoms with E-state index in [-0.39, 0.29) is 30.5 Å². The number of nitrogens with zero attached hydrogens (tertiary/aromatic N) is 1. The Hall–Kier alpha value is -3.09. The molecule has 1 saturated heterocycles. The van der Waals surface area contributed by atoms with Gasteiger partial charge < -0.3 is 19.7 Å². The minimum Gasteiger partial charge on any atom is -0.497 e. The molecule has 0 spiro atoms. The lowest BCUT2D eigenvalue weighted by molar-refractivity contribution is -0.124. The van der Waals surface area contributed by atoms with E-state index in [0.717, 1.165) is 12.0 Å². The standard InChI is InChI=1S/C23H27FN2O4/c1-4-11-25-22(27)19-14-26(23(28)16-7-5-6-8-20(16)24)13-18(19)17-12-15(29-2)9-10-21(17)30-3/h5-10,12,18-19H,4,11,13-14H2,1-3H3,(H,25,27)/t18-,19+/m0/s1. The van der Waals surface area contributed by atoms with Gasteiger partial charge in [0.1, 0.15) is 17.3 Å². The molecular formula is C23H27FN2O4. The Bertz CT molecular complexity index is 918. The molecule has 0 aliphatic carbocycles. The number of hydrogen-bond donors (Lipinski definition) is 1. The summed E-state index contributed by atoms with van der Waals surface area (Å²) in [5, 5.41) is 2.93. The van der Waals surface area contributed by atoms with Gasteiger partial charge >= 0.3 is 0 Å². The Labute approximate surface area is 176 Å². The van der Waals surface area contributed by atoms with Crippen molar-refractivity contribution in [2.24, 2.45) is 5.92 Å². The molecule has 2 aromatic rings.